The summed E-state index contributed by atoms with van der Waals surface area (Å²) in [5.74, 6) is -0.289. The van der Waals surface area contributed by atoms with Gasteiger partial charge in [0.2, 0.25) is 10.9 Å². The molecule has 0 spiro atoms. The molecule has 4 aromatic rings. The number of hydrogen-bond donors (Lipinski definition) is 0. The summed E-state index contributed by atoms with van der Waals surface area (Å²) in [5.41, 5.74) is 3.54. The van der Waals surface area contributed by atoms with Gasteiger partial charge in [-0.1, -0.05) is 74.9 Å². The third-order valence-corrected chi connectivity index (χ3v) is 7.15. The molecule has 2 aromatic heterocycles. The minimum absolute atomic E-state index is 0.0103. The van der Waals surface area contributed by atoms with Crippen LogP contribution in [0.4, 0.5) is 5.13 Å². The Morgan fingerprint density at radius 3 is 2.42 bits per heavy atom. The van der Waals surface area contributed by atoms with Crippen molar-refractivity contribution in [1.29, 1.82) is 0 Å². The fourth-order valence-electron chi connectivity index (χ4n) is 4.25. The maximum atomic E-state index is 13.7. The maximum absolute atomic E-state index is 13.7. The van der Waals surface area contributed by atoms with Gasteiger partial charge < -0.3 is 4.42 Å². The van der Waals surface area contributed by atoms with Crippen molar-refractivity contribution < 1.29 is 9.21 Å². The van der Waals surface area contributed by atoms with Gasteiger partial charge in [-0.05, 0) is 42.0 Å². The maximum Gasteiger partial charge on any atom is 0.297 e. The molecule has 3 heterocycles. The Morgan fingerprint density at radius 1 is 1.06 bits per heavy atom. The number of amides is 1. The zero-order valence-electron chi connectivity index (χ0n) is 19.3. The molecule has 6 nitrogen and oxygen atoms in total. The van der Waals surface area contributed by atoms with E-state index < -0.39 is 6.04 Å². The van der Waals surface area contributed by atoms with E-state index in [0.717, 1.165) is 22.6 Å². The number of carbonyl (C=O) groups excluding carboxylic acids is 1. The van der Waals surface area contributed by atoms with Crippen LogP contribution in [0.3, 0.4) is 0 Å². The van der Waals surface area contributed by atoms with Gasteiger partial charge >= 0.3 is 0 Å². The average molecular weight is 460 g/mol. The van der Waals surface area contributed by atoms with Crippen molar-refractivity contribution in [3.05, 3.63) is 85.7 Å². The van der Waals surface area contributed by atoms with Crippen molar-refractivity contribution in [2.24, 2.45) is 0 Å². The highest BCUT2D eigenvalue weighted by atomic mass is 32.1. The van der Waals surface area contributed by atoms with Gasteiger partial charge in [-0.25, -0.2) is 0 Å². The number of benzene rings is 2. The number of aryl methyl sites for hydroxylation is 2. The molecule has 2 aromatic carbocycles. The quantitative estimate of drug-likeness (QED) is 0.401. The number of fused-ring (bicyclic) bond motifs is 2. The Bertz CT molecular complexity index is 1440. The minimum atomic E-state index is -0.625. The molecule has 1 aliphatic rings. The van der Waals surface area contributed by atoms with Crippen LogP contribution < -0.4 is 10.3 Å². The minimum Gasteiger partial charge on any atom is -0.450 e. The summed E-state index contributed by atoms with van der Waals surface area (Å²) in [6.45, 7) is 10.4. The van der Waals surface area contributed by atoms with E-state index in [1.165, 1.54) is 16.9 Å². The summed E-state index contributed by atoms with van der Waals surface area (Å²) in [6, 6.07) is 12.9. The molecule has 0 unspecified atom stereocenters. The van der Waals surface area contributed by atoms with Crippen molar-refractivity contribution >= 4 is 33.3 Å². The van der Waals surface area contributed by atoms with Gasteiger partial charge in [-0.3, -0.25) is 14.5 Å². The number of rotatable bonds is 3. The van der Waals surface area contributed by atoms with Crippen molar-refractivity contribution in [3.8, 4) is 0 Å². The van der Waals surface area contributed by atoms with Gasteiger partial charge in [0.15, 0.2) is 5.43 Å². The van der Waals surface area contributed by atoms with Gasteiger partial charge in [-0.2, -0.15) is 0 Å². The molecule has 0 saturated carbocycles. The Balaban J connectivity index is 1.76. The Kier molecular flexibility index (Phi) is 4.97. The highest BCUT2D eigenvalue weighted by Gasteiger charge is 2.45. The normalized spacial score (nSPS) is 16.0. The smallest absolute Gasteiger partial charge is 0.297 e. The van der Waals surface area contributed by atoms with Crippen LogP contribution in [0.15, 0.2) is 51.7 Å². The summed E-state index contributed by atoms with van der Waals surface area (Å²) in [4.78, 5) is 28.9. The van der Waals surface area contributed by atoms with E-state index >= 15 is 0 Å². The van der Waals surface area contributed by atoms with E-state index in [9.17, 15) is 9.59 Å². The van der Waals surface area contributed by atoms with Crippen LogP contribution in [0.25, 0.3) is 11.0 Å². The molecule has 33 heavy (non-hydrogen) atoms. The molecule has 0 radical (unpaired) electrons. The lowest BCUT2D eigenvalue weighted by Crippen LogP contribution is -2.29. The summed E-state index contributed by atoms with van der Waals surface area (Å²) >= 11 is 1.36. The van der Waals surface area contributed by atoms with Crippen molar-refractivity contribution in [1.82, 2.24) is 10.2 Å². The Morgan fingerprint density at radius 2 is 1.79 bits per heavy atom. The SMILES string of the molecule is CCc1nnc(N2C(=O)c3oc4ccc(C)cc4c(=O)c3[C@H]2c2ccc(C(C)(C)C)cc2)s1. The first kappa shape index (κ1) is 21.5. The van der Waals surface area contributed by atoms with Crippen LogP contribution >= 0.6 is 11.3 Å². The van der Waals surface area contributed by atoms with Crippen LogP contribution in [0, 0.1) is 6.92 Å². The lowest BCUT2D eigenvalue weighted by Gasteiger charge is -2.24. The Hall–Kier alpha value is -3.32. The predicted octanol–water partition coefficient (Wildman–Crippen LogP) is 5.56. The van der Waals surface area contributed by atoms with Crippen LogP contribution in [0.5, 0.6) is 0 Å². The third kappa shape index (κ3) is 3.47. The molecule has 0 N–H and O–H groups in total. The second kappa shape index (κ2) is 7.63. The molecule has 0 bridgehead atoms. The molecular weight excluding hydrogens is 434 g/mol. The second-order valence-electron chi connectivity index (χ2n) is 9.46. The standard InChI is InChI=1S/C26H25N3O3S/c1-6-19-27-28-25(33-19)29-21(15-8-10-16(11-9-15)26(3,4)5)20-22(30)17-13-14(2)7-12-18(17)32-23(20)24(29)31/h7-13,21H,6H2,1-5H3/t21-/m1/s1. The topological polar surface area (TPSA) is 76.3 Å². The lowest BCUT2D eigenvalue weighted by molar-refractivity contribution is 0.0970. The third-order valence-electron chi connectivity index (χ3n) is 6.08. The zero-order chi connectivity index (χ0) is 23.5. The summed E-state index contributed by atoms with van der Waals surface area (Å²) in [6.07, 6.45) is 0.720. The molecule has 0 fully saturated rings. The van der Waals surface area contributed by atoms with E-state index in [0.29, 0.717) is 21.7 Å². The van der Waals surface area contributed by atoms with E-state index in [2.05, 4.69) is 43.1 Å². The van der Waals surface area contributed by atoms with E-state index in [4.69, 9.17) is 4.42 Å². The van der Waals surface area contributed by atoms with Gasteiger partial charge in [0, 0.05) is 0 Å². The molecule has 1 aliphatic heterocycles. The first-order chi connectivity index (χ1) is 15.7. The van der Waals surface area contributed by atoms with E-state index in [1.54, 1.807) is 11.0 Å². The molecule has 0 aliphatic carbocycles. The van der Waals surface area contributed by atoms with Crippen molar-refractivity contribution in [3.63, 3.8) is 0 Å². The molecule has 1 atom stereocenters. The highest BCUT2D eigenvalue weighted by molar-refractivity contribution is 7.15. The summed E-state index contributed by atoms with van der Waals surface area (Å²) in [5, 5.41) is 10.3. The summed E-state index contributed by atoms with van der Waals surface area (Å²) < 4.78 is 6.03. The molecule has 7 heteroatoms. The molecule has 5 rings (SSSR count). The summed E-state index contributed by atoms with van der Waals surface area (Å²) in [7, 11) is 0. The molecular formula is C26H25N3O3S. The number of aromatic nitrogens is 2. The first-order valence-electron chi connectivity index (χ1n) is 11.0. The monoisotopic (exact) mass is 459 g/mol. The second-order valence-corrected chi connectivity index (χ2v) is 10.5. The molecule has 1 amide bonds. The largest absolute Gasteiger partial charge is 0.450 e. The number of hydrogen-bond acceptors (Lipinski definition) is 6. The fraction of sp³-hybridized carbons (Fsp3) is 0.308. The lowest BCUT2D eigenvalue weighted by atomic mass is 9.86. The predicted molar refractivity (Wildman–Crippen MR) is 130 cm³/mol. The van der Waals surface area contributed by atoms with Gasteiger partial charge in [-0.15, -0.1) is 10.2 Å². The van der Waals surface area contributed by atoms with E-state index in [-0.39, 0.29) is 22.5 Å². The van der Waals surface area contributed by atoms with Crippen molar-refractivity contribution in [2.75, 3.05) is 4.90 Å². The highest BCUT2D eigenvalue weighted by Crippen LogP contribution is 2.42. The van der Waals surface area contributed by atoms with Gasteiger partial charge in [0.05, 0.1) is 17.0 Å². The number of anilines is 1. The zero-order valence-corrected chi connectivity index (χ0v) is 20.1. The average Bonchev–Trinajstić information content (AvgIpc) is 3.36. The van der Waals surface area contributed by atoms with Crippen LogP contribution in [-0.2, 0) is 11.8 Å². The van der Waals surface area contributed by atoms with Gasteiger partial charge in [0.1, 0.15) is 10.6 Å². The number of nitrogens with zero attached hydrogens (tertiary/aromatic N) is 3. The number of carbonyl (C=O) groups is 1. The van der Waals surface area contributed by atoms with Gasteiger partial charge in [0.25, 0.3) is 5.91 Å². The Labute approximate surface area is 195 Å². The fourth-order valence-corrected chi connectivity index (χ4v) is 5.05. The van der Waals surface area contributed by atoms with Crippen LogP contribution in [0.2, 0.25) is 0 Å². The van der Waals surface area contributed by atoms with Crippen molar-refractivity contribution in [2.45, 2.75) is 52.5 Å². The first-order valence-corrected chi connectivity index (χ1v) is 11.8. The molecule has 168 valence electrons. The van der Waals surface area contributed by atoms with E-state index in [1.807, 2.05) is 38.1 Å². The van der Waals surface area contributed by atoms with Crippen LogP contribution in [-0.4, -0.2) is 16.1 Å². The molecule has 0 saturated heterocycles. The van der Waals surface area contributed by atoms with Crippen LogP contribution in [0.1, 0.15) is 71.6 Å².